The maximum Gasteiger partial charge on any atom is 0.312 e. The molecule has 1 fully saturated rings. The van der Waals surface area contributed by atoms with Crippen molar-refractivity contribution in [2.45, 2.75) is 33.2 Å². The molecule has 1 saturated heterocycles. The van der Waals surface area contributed by atoms with Gasteiger partial charge in [-0.15, -0.1) is 0 Å². The molecule has 1 aliphatic heterocycles. The fourth-order valence-electron chi connectivity index (χ4n) is 2.28. The first-order chi connectivity index (χ1) is 7.85. The number of hydrogen-bond acceptors (Lipinski definition) is 4. The number of carbonyl (C=O) groups is 2. The van der Waals surface area contributed by atoms with Crippen molar-refractivity contribution in [1.29, 1.82) is 0 Å². The fraction of sp³-hybridized carbons (Fsp3) is 0.833. The van der Waals surface area contributed by atoms with Gasteiger partial charge in [-0.2, -0.15) is 0 Å². The molecule has 1 heterocycles. The molecule has 0 bridgehead atoms. The predicted molar refractivity (Wildman–Crippen MR) is 64.5 cm³/mol. The summed E-state index contributed by atoms with van der Waals surface area (Å²) in [5.41, 5.74) is -0.500. The fourth-order valence-corrected chi connectivity index (χ4v) is 2.28. The molecule has 5 nitrogen and oxygen atoms in total. The topological polar surface area (TPSA) is 58.6 Å². The van der Waals surface area contributed by atoms with E-state index in [1.165, 1.54) is 14.0 Å². The maximum absolute atomic E-state index is 11.6. The first kappa shape index (κ1) is 14.0. The Labute approximate surface area is 102 Å². The van der Waals surface area contributed by atoms with Gasteiger partial charge in [0.05, 0.1) is 12.5 Å². The molecule has 0 radical (unpaired) electrons. The number of nitrogens with zero attached hydrogens (tertiary/aromatic N) is 1. The Morgan fingerprint density at radius 1 is 1.47 bits per heavy atom. The van der Waals surface area contributed by atoms with Crippen molar-refractivity contribution in [1.82, 2.24) is 10.2 Å². The van der Waals surface area contributed by atoms with Crippen molar-refractivity contribution in [3.05, 3.63) is 0 Å². The van der Waals surface area contributed by atoms with Crippen LogP contribution >= 0.6 is 0 Å². The van der Waals surface area contributed by atoms with E-state index >= 15 is 0 Å². The van der Waals surface area contributed by atoms with Crippen molar-refractivity contribution in [2.24, 2.45) is 5.41 Å². The molecule has 17 heavy (non-hydrogen) atoms. The van der Waals surface area contributed by atoms with Crippen LogP contribution in [0.15, 0.2) is 0 Å². The zero-order chi connectivity index (χ0) is 13.1. The van der Waals surface area contributed by atoms with Crippen LogP contribution in [0, 0.1) is 5.41 Å². The van der Waals surface area contributed by atoms with Gasteiger partial charge in [-0.25, -0.2) is 0 Å². The summed E-state index contributed by atoms with van der Waals surface area (Å²) >= 11 is 0. The number of esters is 1. The third-order valence-corrected chi connectivity index (χ3v) is 3.04. The minimum absolute atomic E-state index is 0.00378. The van der Waals surface area contributed by atoms with E-state index in [0.29, 0.717) is 6.54 Å². The van der Waals surface area contributed by atoms with Gasteiger partial charge in [-0.05, 0) is 20.3 Å². The zero-order valence-corrected chi connectivity index (χ0v) is 11.1. The highest BCUT2D eigenvalue weighted by atomic mass is 16.5. The SMILES string of the molecule is COC(=O)C(C)(C)CN1CCC(NC(C)=O)C1. The molecule has 0 aliphatic carbocycles. The monoisotopic (exact) mass is 242 g/mol. The molecule has 0 saturated carbocycles. The van der Waals surface area contributed by atoms with Crippen LogP contribution in [0.3, 0.4) is 0 Å². The molecule has 1 amide bonds. The lowest BCUT2D eigenvalue weighted by atomic mass is 9.93. The smallest absolute Gasteiger partial charge is 0.312 e. The van der Waals surface area contributed by atoms with Gasteiger partial charge in [0.1, 0.15) is 0 Å². The van der Waals surface area contributed by atoms with Gasteiger partial charge >= 0.3 is 5.97 Å². The normalized spacial score (nSPS) is 21.3. The summed E-state index contributed by atoms with van der Waals surface area (Å²) in [4.78, 5) is 24.7. The van der Waals surface area contributed by atoms with Crippen LogP contribution in [-0.2, 0) is 14.3 Å². The van der Waals surface area contributed by atoms with Gasteiger partial charge in [-0.3, -0.25) is 9.59 Å². The Kier molecular flexibility index (Phi) is 4.51. The quantitative estimate of drug-likeness (QED) is 0.725. The van der Waals surface area contributed by atoms with Crippen LogP contribution in [0.4, 0.5) is 0 Å². The van der Waals surface area contributed by atoms with Crippen LogP contribution in [0.1, 0.15) is 27.2 Å². The lowest BCUT2D eigenvalue weighted by molar-refractivity contribution is -0.151. The number of rotatable bonds is 4. The summed E-state index contributed by atoms with van der Waals surface area (Å²) in [6.45, 7) is 7.66. The standard InChI is InChI=1S/C12H22N2O3/c1-9(15)13-10-5-6-14(7-10)8-12(2,3)11(16)17-4/h10H,5-8H2,1-4H3,(H,13,15). The van der Waals surface area contributed by atoms with E-state index in [4.69, 9.17) is 4.74 Å². The lowest BCUT2D eigenvalue weighted by Crippen LogP contribution is -2.41. The second-order valence-electron chi connectivity index (χ2n) is 5.30. The van der Waals surface area contributed by atoms with Gasteiger partial charge in [0, 0.05) is 32.6 Å². The third kappa shape index (κ3) is 4.00. The Balaban J connectivity index is 2.44. The molecule has 5 heteroatoms. The van der Waals surface area contributed by atoms with Gasteiger partial charge in [0.15, 0.2) is 0 Å². The predicted octanol–water partition coefficient (Wildman–Crippen LogP) is 0.396. The zero-order valence-electron chi connectivity index (χ0n) is 11.1. The second-order valence-corrected chi connectivity index (χ2v) is 5.30. The van der Waals surface area contributed by atoms with E-state index in [0.717, 1.165) is 19.5 Å². The molecular weight excluding hydrogens is 220 g/mol. The Morgan fingerprint density at radius 2 is 2.12 bits per heavy atom. The van der Waals surface area contributed by atoms with E-state index in [1.807, 2.05) is 13.8 Å². The minimum atomic E-state index is -0.500. The van der Waals surface area contributed by atoms with Gasteiger partial charge in [0.25, 0.3) is 0 Å². The van der Waals surface area contributed by atoms with Crippen molar-refractivity contribution < 1.29 is 14.3 Å². The largest absolute Gasteiger partial charge is 0.469 e. The van der Waals surface area contributed by atoms with Crippen molar-refractivity contribution in [3.8, 4) is 0 Å². The average molecular weight is 242 g/mol. The lowest BCUT2D eigenvalue weighted by Gasteiger charge is -2.27. The molecule has 0 aromatic carbocycles. The van der Waals surface area contributed by atoms with E-state index in [9.17, 15) is 9.59 Å². The van der Waals surface area contributed by atoms with Crippen molar-refractivity contribution in [3.63, 3.8) is 0 Å². The Bertz CT molecular complexity index is 302. The number of hydrogen-bond donors (Lipinski definition) is 1. The summed E-state index contributed by atoms with van der Waals surface area (Å²) < 4.78 is 4.78. The summed E-state index contributed by atoms with van der Waals surface area (Å²) in [6, 6.07) is 0.209. The highest BCUT2D eigenvalue weighted by Gasteiger charge is 2.34. The number of methoxy groups -OCH3 is 1. The molecule has 0 spiro atoms. The highest BCUT2D eigenvalue weighted by molar-refractivity contribution is 5.76. The van der Waals surface area contributed by atoms with Crippen LogP contribution in [0.2, 0.25) is 0 Å². The number of likely N-dealkylation sites (tertiary alicyclic amines) is 1. The summed E-state index contributed by atoms with van der Waals surface area (Å²) in [6.07, 6.45) is 0.941. The Morgan fingerprint density at radius 3 is 2.65 bits per heavy atom. The number of ether oxygens (including phenoxy) is 1. The van der Waals surface area contributed by atoms with Crippen LogP contribution in [-0.4, -0.2) is 49.6 Å². The summed E-state index contributed by atoms with van der Waals surface area (Å²) in [5.74, 6) is -0.190. The van der Waals surface area contributed by atoms with Gasteiger partial charge in [0.2, 0.25) is 5.91 Å². The first-order valence-corrected chi connectivity index (χ1v) is 5.93. The minimum Gasteiger partial charge on any atom is -0.469 e. The van der Waals surface area contributed by atoms with Crippen LogP contribution in [0.25, 0.3) is 0 Å². The molecule has 0 aromatic heterocycles. The first-order valence-electron chi connectivity index (χ1n) is 5.93. The average Bonchev–Trinajstić information content (AvgIpc) is 2.62. The molecule has 1 unspecified atom stereocenters. The van der Waals surface area contributed by atoms with Crippen LogP contribution in [0.5, 0.6) is 0 Å². The summed E-state index contributed by atoms with van der Waals surface area (Å²) in [7, 11) is 1.41. The third-order valence-electron chi connectivity index (χ3n) is 3.04. The second kappa shape index (κ2) is 5.49. The van der Waals surface area contributed by atoms with E-state index < -0.39 is 5.41 Å². The highest BCUT2D eigenvalue weighted by Crippen LogP contribution is 2.21. The number of nitrogens with one attached hydrogen (secondary N) is 1. The molecular formula is C12H22N2O3. The number of amides is 1. The molecule has 0 aromatic rings. The molecule has 1 aliphatic rings. The molecule has 98 valence electrons. The number of carbonyl (C=O) groups excluding carboxylic acids is 2. The van der Waals surface area contributed by atoms with E-state index in [1.54, 1.807) is 0 Å². The van der Waals surface area contributed by atoms with Crippen molar-refractivity contribution in [2.75, 3.05) is 26.7 Å². The van der Waals surface area contributed by atoms with Gasteiger partial charge in [-0.1, -0.05) is 0 Å². The van der Waals surface area contributed by atoms with Crippen molar-refractivity contribution >= 4 is 11.9 Å². The van der Waals surface area contributed by atoms with Gasteiger partial charge < -0.3 is 15.0 Å². The molecule has 1 rings (SSSR count). The summed E-state index contributed by atoms with van der Waals surface area (Å²) in [5, 5.41) is 2.90. The van der Waals surface area contributed by atoms with E-state index in [-0.39, 0.29) is 17.9 Å². The Hall–Kier alpha value is -1.10. The molecule has 1 atom stereocenters. The van der Waals surface area contributed by atoms with Crippen LogP contribution < -0.4 is 5.32 Å². The maximum atomic E-state index is 11.6. The van der Waals surface area contributed by atoms with E-state index in [2.05, 4.69) is 10.2 Å². The molecule has 1 N–H and O–H groups in total.